The molecule has 0 fully saturated rings. The predicted molar refractivity (Wildman–Crippen MR) is 98.4 cm³/mol. The maximum atomic E-state index is 12.6. The molecule has 0 heterocycles. The standard InChI is InChI=1S/C19H22BrNO3/c1-13-5-8-17(9-6-13)24-14(2)19(22)21(3)12-15-11-16(20)7-10-18(15)23-4/h5-11,14H,12H2,1-4H3/t14-/m1/s1. The average Bonchev–Trinajstić information content (AvgIpc) is 2.56. The van der Waals surface area contributed by atoms with Crippen molar-refractivity contribution in [3.05, 3.63) is 58.1 Å². The first kappa shape index (κ1) is 18.3. The molecule has 5 heteroatoms. The molecule has 0 radical (unpaired) electrons. The van der Waals surface area contributed by atoms with E-state index in [9.17, 15) is 4.79 Å². The SMILES string of the molecule is COc1ccc(Br)cc1CN(C)C(=O)[C@@H](C)Oc1ccc(C)cc1. The van der Waals surface area contributed by atoms with Crippen molar-refractivity contribution in [2.24, 2.45) is 0 Å². The number of hydrogen-bond donors (Lipinski definition) is 0. The van der Waals surface area contributed by atoms with Crippen molar-refractivity contribution in [1.29, 1.82) is 0 Å². The molecule has 0 aliphatic heterocycles. The van der Waals surface area contributed by atoms with Gasteiger partial charge in [0.05, 0.1) is 7.11 Å². The van der Waals surface area contributed by atoms with Crippen LogP contribution in [0.2, 0.25) is 0 Å². The summed E-state index contributed by atoms with van der Waals surface area (Å²) in [4.78, 5) is 14.2. The molecular formula is C19H22BrNO3. The van der Waals surface area contributed by atoms with Gasteiger partial charge in [-0.25, -0.2) is 0 Å². The summed E-state index contributed by atoms with van der Waals surface area (Å²) < 4.78 is 12.0. The number of aryl methyl sites for hydroxylation is 1. The lowest BCUT2D eigenvalue weighted by Gasteiger charge is -2.23. The van der Waals surface area contributed by atoms with Gasteiger partial charge in [-0.05, 0) is 44.2 Å². The highest BCUT2D eigenvalue weighted by molar-refractivity contribution is 9.10. The van der Waals surface area contributed by atoms with Crippen molar-refractivity contribution in [1.82, 2.24) is 4.90 Å². The second-order valence-corrected chi connectivity index (χ2v) is 6.64. The molecule has 128 valence electrons. The van der Waals surface area contributed by atoms with Gasteiger partial charge in [0.15, 0.2) is 6.10 Å². The number of benzene rings is 2. The number of ether oxygens (including phenoxy) is 2. The van der Waals surface area contributed by atoms with Crippen LogP contribution in [-0.4, -0.2) is 31.1 Å². The molecule has 0 aliphatic rings. The first-order chi connectivity index (χ1) is 11.4. The molecule has 0 saturated carbocycles. The van der Waals surface area contributed by atoms with Crippen LogP contribution in [0.15, 0.2) is 46.9 Å². The molecule has 0 unspecified atom stereocenters. The number of likely N-dealkylation sites (N-methyl/N-ethyl adjacent to an activating group) is 1. The van der Waals surface area contributed by atoms with E-state index in [2.05, 4.69) is 15.9 Å². The van der Waals surface area contributed by atoms with Crippen LogP contribution in [0.5, 0.6) is 11.5 Å². The number of nitrogens with zero attached hydrogens (tertiary/aromatic N) is 1. The van der Waals surface area contributed by atoms with Crippen LogP contribution in [-0.2, 0) is 11.3 Å². The first-order valence-electron chi connectivity index (χ1n) is 7.71. The summed E-state index contributed by atoms with van der Waals surface area (Å²) in [6.45, 7) is 4.22. The van der Waals surface area contributed by atoms with Gasteiger partial charge in [-0.15, -0.1) is 0 Å². The Kier molecular flexibility index (Phi) is 6.26. The fraction of sp³-hybridized carbons (Fsp3) is 0.316. The van der Waals surface area contributed by atoms with E-state index >= 15 is 0 Å². The molecule has 0 bridgehead atoms. The molecule has 0 aliphatic carbocycles. The molecule has 0 N–H and O–H groups in total. The van der Waals surface area contributed by atoms with E-state index in [-0.39, 0.29) is 5.91 Å². The predicted octanol–water partition coefficient (Wildman–Crippen LogP) is 4.19. The second kappa shape index (κ2) is 8.20. The largest absolute Gasteiger partial charge is 0.496 e. The Hall–Kier alpha value is -2.01. The third-order valence-electron chi connectivity index (χ3n) is 3.71. The smallest absolute Gasteiger partial charge is 0.263 e. The lowest BCUT2D eigenvalue weighted by molar-refractivity contribution is -0.137. The minimum atomic E-state index is -0.559. The summed E-state index contributed by atoms with van der Waals surface area (Å²) in [5.74, 6) is 1.36. The van der Waals surface area contributed by atoms with Crippen LogP contribution in [0.1, 0.15) is 18.1 Å². The topological polar surface area (TPSA) is 38.8 Å². The van der Waals surface area contributed by atoms with Gasteiger partial charge in [-0.3, -0.25) is 4.79 Å². The Balaban J connectivity index is 2.03. The molecule has 24 heavy (non-hydrogen) atoms. The zero-order valence-corrected chi connectivity index (χ0v) is 16.0. The summed E-state index contributed by atoms with van der Waals surface area (Å²) in [6.07, 6.45) is -0.559. The summed E-state index contributed by atoms with van der Waals surface area (Å²) in [5, 5.41) is 0. The number of amides is 1. The molecule has 1 atom stereocenters. The lowest BCUT2D eigenvalue weighted by atomic mass is 10.2. The van der Waals surface area contributed by atoms with Crippen LogP contribution in [0.3, 0.4) is 0 Å². The second-order valence-electron chi connectivity index (χ2n) is 5.72. The third-order valence-corrected chi connectivity index (χ3v) is 4.20. The molecule has 0 saturated heterocycles. The minimum absolute atomic E-state index is 0.0856. The zero-order chi connectivity index (χ0) is 17.7. The third kappa shape index (κ3) is 4.74. The van der Waals surface area contributed by atoms with Gasteiger partial charge < -0.3 is 14.4 Å². The quantitative estimate of drug-likeness (QED) is 0.740. The van der Waals surface area contributed by atoms with Gasteiger partial charge >= 0.3 is 0 Å². The fourth-order valence-corrected chi connectivity index (χ4v) is 2.79. The number of halogens is 1. The molecule has 2 aromatic rings. The van der Waals surface area contributed by atoms with Crippen LogP contribution >= 0.6 is 15.9 Å². The van der Waals surface area contributed by atoms with Gasteiger partial charge in [-0.2, -0.15) is 0 Å². The van der Waals surface area contributed by atoms with Crippen molar-refractivity contribution in [2.75, 3.05) is 14.2 Å². The monoisotopic (exact) mass is 391 g/mol. The van der Waals surface area contributed by atoms with Crippen LogP contribution in [0, 0.1) is 6.92 Å². The average molecular weight is 392 g/mol. The normalized spacial score (nSPS) is 11.7. The summed E-state index contributed by atoms with van der Waals surface area (Å²) >= 11 is 3.45. The van der Waals surface area contributed by atoms with E-state index in [1.54, 1.807) is 26.0 Å². The van der Waals surface area contributed by atoms with Gasteiger partial charge in [0.25, 0.3) is 5.91 Å². The van der Waals surface area contributed by atoms with Crippen molar-refractivity contribution in [2.45, 2.75) is 26.5 Å². The Bertz CT molecular complexity index is 700. The van der Waals surface area contributed by atoms with E-state index in [4.69, 9.17) is 9.47 Å². The van der Waals surface area contributed by atoms with Crippen molar-refractivity contribution in [3.8, 4) is 11.5 Å². The van der Waals surface area contributed by atoms with Gasteiger partial charge in [0.2, 0.25) is 0 Å². The molecule has 4 nitrogen and oxygen atoms in total. The minimum Gasteiger partial charge on any atom is -0.496 e. The van der Waals surface area contributed by atoms with E-state index in [0.29, 0.717) is 12.3 Å². The van der Waals surface area contributed by atoms with Gasteiger partial charge in [0, 0.05) is 23.6 Å². The Morgan fingerprint density at radius 3 is 2.50 bits per heavy atom. The maximum Gasteiger partial charge on any atom is 0.263 e. The van der Waals surface area contributed by atoms with E-state index in [1.807, 2.05) is 49.4 Å². The molecule has 2 aromatic carbocycles. The Labute approximate surface area is 151 Å². The number of carbonyl (C=O) groups excluding carboxylic acids is 1. The van der Waals surface area contributed by atoms with E-state index < -0.39 is 6.10 Å². The summed E-state index contributed by atoms with van der Waals surface area (Å²) in [5.41, 5.74) is 2.09. The molecule has 0 aromatic heterocycles. The molecule has 1 amide bonds. The summed E-state index contributed by atoms with van der Waals surface area (Å²) in [6, 6.07) is 13.4. The van der Waals surface area contributed by atoms with Crippen LogP contribution in [0.25, 0.3) is 0 Å². The van der Waals surface area contributed by atoms with Crippen LogP contribution in [0.4, 0.5) is 0 Å². The highest BCUT2D eigenvalue weighted by atomic mass is 79.9. The number of methoxy groups -OCH3 is 1. The Morgan fingerprint density at radius 2 is 1.88 bits per heavy atom. The zero-order valence-electron chi connectivity index (χ0n) is 14.4. The fourth-order valence-electron chi connectivity index (χ4n) is 2.39. The van der Waals surface area contributed by atoms with E-state index in [1.165, 1.54) is 0 Å². The first-order valence-corrected chi connectivity index (χ1v) is 8.50. The van der Waals surface area contributed by atoms with Crippen molar-refractivity contribution in [3.63, 3.8) is 0 Å². The molecule has 0 spiro atoms. The van der Waals surface area contributed by atoms with Crippen LogP contribution < -0.4 is 9.47 Å². The lowest BCUT2D eigenvalue weighted by Crippen LogP contribution is -2.37. The maximum absolute atomic E-state index is 12.6. The molecular weight excluding hydrogens is 370 g/mol. The highest BCUT2D eigenvalue weighted by Gasteiger charge is 2.20. The Morgan fingerprint density at radius 1 is 1.21 bits per heavy atom. The van der Waals surface area contributed by atoms with Gasteiger partial charge in [-0.1, -0.05) is 33.6 Å². The number of hydrogen-bond acceptors (Lipinski definition) is 3. The number of rotatable bonds is 6. The van der Waals surface area contributed by atoms with Crippen molar-refractivity contribution < 1.29 is 14.3 Å². The number of carbonyl (C=O) groups is 1. The van der Waals surface area contributed by atoms with Gasteiger partial charge in [0.1, 0.15) is 11.5 Å². The van der Waals surface area contributed by atoms with Crippen molar-refractivity contribution >= 4 is 21.8 Å². The molecule has 2 rings (SSSR count). The highest BCUT2D eigenvalue weighted by Crippen LogP contribution is 2.24. The summed E-state index contributed by atoms with van der Waals surface area (Å²) in [7, 11) is 3.38. The van der Waals surface area contributed by atoms with E-state index in [0.717, 1.165) is 21.3 Å².